The lowest BCUT2D eigenvalue weighted by atomic mass is 10.2. The Balaban J connectivity index is 1.97. The molecule has 0 saturated carbocycles. The summed E-state index contributed by atoms with van der Waals surface area (Å²) in [5.74, 6) is 0.371. The molecule has 3 N–H and O–H groups in total. The number of hydrogen-bond acceptors (Lipinski definition) is 6. The highest BCUT2D eigenvalue weighted by Crippen LogP contribution is 2.25. The third-order valence-corrected chi connectivity index (χ3v) is 3.83. The standard InChI is InChI=1S/C18H17ClFN5O/c1-11(10-26)22-18-24-16(12-4-6-21-7-5-12)9-17(25-18)23-13-2-3-15(20)14(19)8-13/h2-9,11,26H,10H2,1H3,(H2,22,23,24,25)/t11-/m0/s1. The molecule has 3 aromatic rings. The maximum absolute atomic E-state index is 13.3. The molecule has 0 bridgehead atoms. The number of pyridine rings is 1. The van der Waals surface area contributed by atoms with Gasteiger partial charge in [-0.1, -0.05) is 11.6 Å². The Hall–Kier alpha value is -2.77. The lowest BCUT2D eigenvalue weighted by molar-refractivity contribution is 0.281. The zero-order valence-electron chi connectivity index (χ0n) is 13.9. The van der Waals surface area contributed by atoms with Crippen LogP contribution in [0.2, 0.25) is 5.02 Å². The van der Waals surface area contributed by atoms with Gasteiger partial charge in [0.2, 0.25) is 5.95 Å². The first-order valence-electron chi connectivity index (χ1n) is 7.94. The number of halogens is 2. The Morgan fingerprint density at radius 3 is 2.62 bits per heavy atom. The van der Waals surface area contributed by atoms with Gasteiger partial charge in [-0.25, -0.2) is 9.37 Å². The molecule has 0 spiro atoms. The molecule has 134 valence electrons. The minimum Gasteiger partial charge on any atom is -0.394 e. The lowest BCUT2D eigenvalue weighted by Crippen LogP contribution is -2.21. The largest absolute Gasteiger partial charge is 0.394 e. The van der Waals surface area contributed by atoms with Crippen LogP contribution in [0.1, 0.15) is 6.92 Å². The Morgan fingerprint density at radius 2 is 1.92 bits per heavy atom. The molecule has 3 rings (SSSR count). The van der Waals surface area contributed by atoms with Gasteiger partial charge in [0.15, 0.2) is 0 Å². The Labute approximate surface area is 155 Å². The highest BCUT2D eigenvalue weighted by Gasteiger charge is 2.10. The predicted molar refractivity (Wildman–Crippen MR) is 100 cm³/mol. The van der Waals surface area contributed by atoms with E-state index in [4.69, 9.17) is 11.6 Å². The smallest absolute Gasteiger partial charge is 0.225 e. The molecule has 0 saturated heterocycles. The van der Waals surface area contributed by atoms with Gasteiger partial charge in [0.25, 0.3) is 0 Å². The van der Waals surface area contributed by atoms with E-state index in [9.17, 15) is 9.50 Å². The second kappa shape index (κ2) is 8.07. The van der Waals surface area contributed by atoms with Crippen molar-refractivity contribution in [3.8, 4) is 11.3 Å². The molecule has 0 aliphatic carbocycles. The van der Waals surface area contributed by atoms with Crippen LogP contribution in [0.5, 0.6) is 0 Å². The summed E-state index contributed by atoms with van der Waals surface area (Å²) in [4.78, 5) is 12.9. The van der Waals surface area contributed by atoms with Crippen molar-refractivity contribution in [3.05, 3.63) is 59.6 Å². The molecule has 1 aromatic carbocycles. The van der Waals surface area contributed by atoms with Gasteiger partial charge in [0, 0.05) is 35.8 Å². The van der Waals surface area contributed by atoms with E-state index in [0.717, 1.165) is 5.56 Å². The van der Waals surface area contributed by atoms with Crippen LogP contribution in [0.15, 0.2) is 48.8 Å². The van der Waals surface area contributed by atoms with E-state index in [1.165, 1.54) is 12.1 Å². The monoisotopic (exact) mass is 373 g/mol. The summed E-state index contributed by atoms with van der Waals surface area (Å²) >= 11 is 5.83. The topological polar surface area (TPSA) is 83.0 Å². The summed E-state index contributed by atoms with van der Waals surface area (Å²) in [6.07, 6.45) is 3.35. The van der Waals surface area contributed by atoms with Crippen molar-refractivity contribution in [2.45, 2.75) is 13.0 Å². The fourth-order valence-corrected chi connectivity index (χ4v) is 2.41. The van der Waals surface area contributed by atoms with Crippen molar-refractivity contribution >= 4 is 29.1 Å². The van der Waals surface area contributed by atoms with E-state index >= 15 is 0 Å². The Morgan fingerprint density at radius 1 is 1.15 bits per heavy atom. The van der Waals surface area contributed by atoms with Crippen LogP contribution in [-0.2, 0) is 0 Å². The lowest BCUT2D eigenvalue weighted by Gasteiger charge is -2.14. The molecule has 0 fully saturated rings. The van der Waals surface area contributed by atoms with Gasteiger partial charge in [0.05, 0.1) is 17.3 Å². The summed E-state index contributed by atoms with van der Waals surface area (Å²) in [7, 11) is 0. The first-order chi connectivity index (χ1) is 12.5. The maximum Gasteiger partial charge on any atom is 0.225 e. The molecule has 0 unspecified atom stereocenters. The first-order valence-corrected chi connectivity index (χ1v) is 8.32. The number of benzene rings is 1. The summed E-state index contributed by atoms with van der Waals surface area (Å²) < 4.78 is 13.3. The molecule has 1 atom stereocenters. The van der Waals surface area contributed by atoms with Crippen LogP contribution in [0.25, 0.3) is 11.3 Å². The predicted octanol–water partition coefficient (Wildman–Crippen LogP) is 3.87. The molecule has 26 heavy (non-hydrogen) atoms. The van der Waals surface area contributed by atoms with E-state index in [-0.39, 0.29) is 17.7 Å². The maximum atomic E-state index is 13.3. The van der Waals surface area contributed by atoms with E-state index in [0.29, 0.717) is 23.1 Å². The van der Waals surface area contributed by atoms with Crippen molar-refractivity contribution in [2.24, 2.45) is 0 Å². The number of aliphatic hydroxyl groups is 1. The Kier molecular flexibility index (Phi) is 5.60. The average molecular weight is 374 g/mol. The van der Waals surface area contributed by atoms with Gasteiger partial charge in [-0.15, -0.1) is 0 Å². The molecule has 6 nitrogen and oxygen atoms in total. The number of nitrogens with zero attached hydrogens (tertiary/aromatic N) is 3. The molecule has 0 radical (unpaired) electrons. The summed E-state index contributed by atoms with van der Waals surface area (Å²) in [6.45, 7) is 1.76. The third-order valence-electron chi connectivity index (χ3n) is 3.54. The normalized spacial score (nSPS) is 11.8. The van der Waals surface area contributed by atoms with E-state index in [2.05, 4.69) is 25.6 Å². The van der Waals surface area contributed by atoms with E-state index in [1.54, 1.807) is 24.5 Å². The number of aromatic nitrogens is 3. The molecular weight excluding hydrogens is 357 g/mol. The van der Waals surface area contributed by atoms with Gasteiger partial charge in [-0.05, 0) is 37.3 Å². The van der Waals surface area contributed by atoms with E-state index < -0.39 is 5.82 Å². The highest BCUT2D eigenvalue weighted by molar-refractivity contribution is 6.31. The fourth-order valence-electron chi connectivity index (χ4n) is 2.23. The Bertz CT molecular complexity index is 894. The second-order valence-electron chi connectivity index (χ2n) is 5.68. The SMILES string of the molecule is C[C@@H](CO)Nc1nc(Nc2ccc(F)c(Cl)c2)cc(-c2ccncc2)n1. The van der Waals surface area contributed by atoms with Crippen molar-refractivity contribution in [1.29, 1.82) is 0 Å². The summed E-state index contributed by atoms with van der Waals surface area (Å²) in [6, 6.07) is 9.55. The zero-order chi connectivity index (χ0) is 18.5. The van der Waals surface area contributed by atoms with E-state index in [1.807, 2.05) is 19.1 Å². The molecule has 0 aliphatic heterocycles. The second-order valence-corrected chi connectivity index (χ2v) is 6.09. The van der Waals surface area contributed by atoms with Gasteiger partial charge in [0.1, 0.15) is 11.6 Å². The molecule has 0 aliphatic rings. The van der Waals surface area contributed by atoms with Crippen LogP contribution in [0.3, 0.4) is 0 Å². The minimum absolute atomic E-state index is 0.0191. The first kappa shape index (κ1) is 18.0. The fraction of sp³-hybridized carbons (Fsp3) is 0.167. The van der Waals surface area contributed by atoms with Crippen molar-refractivity contribution < 1.29 is 9.50 Å². The zero-order valence-corrected chi connectivity index (χ0v) is 14.7. The van der Waals surface area contributed by atoms with Crippen LogP contribution < -0.4 is 10.6 Å². The average Bonchev–Trinajstić information content (AvgIpc) is 2.65. The summed E-state index contributed by atoms with van der Waals surface area (Å²) in [5, 5.41) is 15.4. The molecule has 2 aromatic heterocycles. The van der Waals surface area contributed by atoms with Crippen LogP contribution in [-0.4, -0.2) is 32.7 Å². The van der Waals surface area contributed by atoms with Crippen LogP contribution in [0, 0.1) is 5.82 Å². The van der Waals surface area contributed by atoms with Gasteiger partial charge >= 0.3 is 0 Å². The number of aliphatic hydroxyl groups excluding tert-OH is 1. The molecule has 8 heteroatoms. The molecular formula is C18H17ClFN5O. The van der Waals surface area contributed by atoms with Crippen LogP contribution in [0.4, 0.5) is 21.8 Å². The molecule has 2 heterocycles. The minimum atomic E-state index is -0.489. The molecule has 0 amide bonds. The highest BCUT2D eigenvalue weighted by atomic mass is 35.5. The van der Waals surface area contributed by atoms with Gasteiger partial charge in [-0.2, -0.15) is 4.98 Å². The number of hydrogen-bond donors (Lipinski definition) is 3. The summed E-state index contributed by atoms with van der Waals surface area (Å²) in [5.41, 5.74) is 2.13. The number of nitrogens with one attached hydrogen (secondary N) is 2. The number of anilines is 3. The third kappa shape index (κ3) is 4.44. The van der Waals surface area contributed by atoms with Gasteiger partial charge < -0.3 is 15.7 Å². The van der Waals surface area contributed by atoms with Crippen molar-refractivity contribution in [3.63, 3.8) is 0 Å². The van der Waals surface area contributed by atoms with Crippen LogP contribution >= 0.6 is 11.6 Å². The van der Waals surface area contributed by atoms with Gasteiger partial charge in [-0.3, -0.25) is 4.98 Å². The van der Waals surface area contributed by atoms with Crippen molar-refractivity contribution in [2.75, 3.05) is 17.2 Å². The quantitative estimate of drug-likeness (QED) is 0.608. The van der Waals surface area contributed by atoms with Crippen molar-refractivity contribution in [1.82, 2.24) is 15.0 Å². The number of rotatable bonds is 6.